The van der Waals surface area contributed by atoms with Gasteiger partial charge in [0.05, 0.1) is 25.4 Å². The molecule has 0 heterocycles. The Kier molecular flexibility index (Phi) is 10.3. The highest BCUT2D eigenvalue weighted by molar-refractivity contribution is 5.78. The zero-order valence-corrected chi connectivity index (χ0v) is 23.2. The second kappa shape index (κ2) is 12.7. The van der Waals surface area contributed by atoms with E-state index < -0.39 is 11.9 Å². The van der Waals surface area contributed by atoms with Crippen LogP contribution in [0.4, 0.5) is 0 Å². The summed E-state index contributed by atoms with van der Waals surface area (Å²) in [7, 11) is 0. The largest absolute Gasteiger partial charge is 0.435 e. The molecule has 4 heteroatoms. The molecule has 0 spiro atoms. The number of benzene rings is 2. The normalized spacial score (nSPS) is 12.9. The molecule has 2 aromatic rings. The van der Waals surface area contributed by atoms with Crippen LogP contribution in [-0.4, -0.2) is 11.9 Å². The molecule has 0 N–H and O–H groups in total. The highest BCUT2D eigenvalue weighted by Crippen LogP contribution is 2.24. The second-order valence-electron chi connectivity index (χ2n) is 11.7. The number of hydrogen-bond donors (Lipinski definition) is 0. The van der Waals surface area contributed by atoms with Gasteiger partial charge in [-0.1, -0.05) is 90.1 Å². The van der Waals surface area contributed by atoms with E-state index >= 15 is 0 Å². The van der Waals surface area contributed by atoms with Gasteiger partial charge in [-0.25, -0.2) is 0 Å². The molecule has 0 bridgehead atoms. The van der Waals surface area contributed by atoms with E-state index in [9.17, 15) is 9.59 Å². The number of hydrogen-bond acceptors (Lipinski definition) is 4. The van der Waals surface area contributed by atoms with Gasteiger partial charge in [0.1, 0.15) is 0 Å². The summed E-state index contributed by atoms with van der Waals surface area (Å²) in [6.07, 6.45) is 4.29. The standard InChI is InChI=1S/C32H42O4/c1-23(19-25-9-13-27(14-10-25)31(3,4)5)21-35-29(33)17-18-30(34)36-22-24(2)20-26-11-15-28(16-12-26)32(6,7)8/h9-16,21-22H,17-20H2,1-8H3/b23-21+,24-22+. The quantitative estimate of drug-likeness (QED) is 0.266. The monoisotopic (exact) mass is 490 g/mol. The Hall–Kier alpha value is -3.14. The van der Waals surface area contributed by atoms with Crippen molar-refractivity contribution in [3.05, 3.63) is 94.5 Å². The molecule has 194 valence electrons. The Morgan fingerprint density at radius 3 is 1.19 bits per heavy atom. The average Bonchev–Trinajstić information content (AvgIpc) is 2.79. The fourth-order valence-corrected chi connectivity index (χ4v) is 3.63. The molecule has 0 aliphatic carbocycles. The number of esters is 2. The maximum absolute atomic E-state index is 12.0. The third-order valence-electron chi connectivity index (χ3n) is 5.92. The number of carbonyl (C=O) groups excluding carboxylic acids is 2. The number of carbonyl (C=O) groups is 2. The summed E-state index contributed by atoms with van der Waals surface area (Å²) in [4.78, 5) is 24.1. The molecular weight excluding hydrogens is 448 g/mol. The van der Waals surface area contributed by atoms with Crippen LogP contribution in [0, 0.1) is 0 Å². The molecule has 0 radical (unpaired) electrons. The SMILES string of the molecule is C/C(=C\OC(=O)CCC(=O)O/C=C(\C)Cc1ccc(C(C)(C)C)cc1)Cc1ccc(C(C)(C)C)cc1. The molecular formula is C32H42O4. The van der Waals surface area contributed by atoms with Crippen LogP contribution in [0.25, 0.3) is 0 Å². The van der Waals surface area contributed by atoms with Crippen molar-refractivity contribution in [1.29, 1.82) is 0 Å². The van der Waals surface area contributed by atoms with Crippen molar-refractivity contribution in [3.63, 3.8) is 0 Å². The van der Waals surface area contributed by atoms with E-state index in [1.807, 2.05) is 13.8 Å². The van der Waals surface area contributed by atoms with Gasteiger partial charge in [0, 0.05) is 0 Å². The van der Waals surface area contributed by atoms with E-state index in [1.54, 1.807) is 0 Å². The Bertz CT molecular complexity index is 983. The van der Waals surface area contributed by atoms with Crippen LogP contribution < -0.4 is 0 Å². The lowest BCUT2D eigenvalue weighted by Crippen LogP contribution is -2.10. The van der Waals surface area contributed by atoms with Crippen molar-refractivity contribution in [2.45, 2.75) is 91.9 Å². The van der Waals surface area contributed by atoms with Crippen LogP contribution >= 0.6 is 0 Å². The third kappa shape index (κ3) is 10.2. The van der Waals surface area contributed by atoms with Gasteiger partial charge < -0.3 is 9.47 Å². The molecule has 4 nitrogen and oxygen atoms in total. The summed E-state index contributed by atoms with van der Waals surface area (Å²) >= 11 is 0. The summed E-state index contributed by atoms with van der Waals surface area (Å²) in [5.41, 5.74) is 6.98. The Morgan fingerprint density at radius 1 is 0.611 bits per heavy atom. The third-order valence-corrected chi connectivity index (χ3v) is 5.92. The molecule has 2 rings (SSSR count). The minimum absolute atomic E-state index is 0.0238. The van der Waals surface area contributed by atoms with Crippen molar-refractivity contribution in [2.24, 2.45) is 0 Å². The predicted octanol–water partition coefficient (Wildman–Crippen LogP) is 7.74. The first-order valence-corrected chi connectivity index (χ1v) is 12.6. The molecule has 36 heavy (non-hydrogen) atoms. The van der Waals surface area contributed by atoms with Crippen LogP contribution in [0.15, 0.2) is 72.2 Å². The van der Waals surface area contributed by atoms with Crippen LogP contribution in [0.3, 0.4) is 0 Å². The highest BCUT2D eigenvalue weighted by atomic mass is 16.5. The van der Waals surface area contributed by atoms with Crippen molar-refractivity contribution in [3.8, 4) is 0 Å². The minimum atomic E-state index is -0.450. The van der Waals surface area contributed by atoms with E-state index in [0.717, 1.165) is 22.3 Å². The van der Waals surface area contributed by atoms with Gasteiger partial charge in [0.15, 0.2) is 0 Å². The second-order valence-corrected chi connectivity index (χ2v) is 11.7. The molecule has 0 unspecified atom stereocenters. The summed E-state index contributed by atoms with van der Waals surface area (Å²) in [6.45, 7) is 17.0. The molecule has 0 aliphatic rings. The van der Waals surface area contributed by atoms with Crippen molar-refractivity contribution in [1.82, 2.24) is 0 Å². The molecule has 0 aliphatic heterocycles. The lowest BCUT2D eigenvalue weighted by Gasteiger charge is -2.19. The van der Waals surface area contributed by atoms with Gasteiger partial charge in [-0.05, 0) is 70.9 Å². The smallest absolute Gasteiger partial charge is 0.311 e. The van der Waals surface area contributed by atoms with Gasteiger partial charge >= 0.3 is 11.9 Å². The first-order valence-electron chi connectivity index (χ1n) is 12.6. The van der Waals surface area contributed by atoms with Crippen LogP contribution in [0.2, 0.25) is 0 Å². The molecule has 0 atom stereocenters. The van der Waals surface area contributed by atoms with Crippen molar-refractivity contribution >= 4 is 11.9 Å². The summed E-state index contributed by atoms with van der Waals surface area (Å²) in [5, 5.41) is 0. The Labute approximate surface area is 217 Å². The predicted molar refractivity (Wildman–Crippen MR) is 147 cm³/mol. The molecule has 0 aromatic heterocycles. The van der Waals surface area contributed by atoms with Gasteiger partial charge in [-0.2, -0.15) is 0 Å². The maximum atomic E-state index is 12.0. The van der Waals surface area contributed by atoms with E-state index in [1.165, 1.54) is 23.7 Å². The lowest BCUT2D eigenvalue weighted by atomic mass is 9.86. The maximum Gasteiger partial charge on any atom is 0.311 e. The average molecular weight is 491 g/mol. The van der Waals surface area contributed by atoms with E-state index in [4.69, 9.17) is 9.47 Å². The summed E-state index contributed by atoms with van der Waals surface area (Å²) in [5.74, 6) is -0.900. The van der Waals surface area contributed by atoms with Crippen LogP contribution in [-0.2, 0) is 42.7 Å². The molecule has 0 saturated carbocycles. The summed E-state index contributed by atoms with van der Waals surface area (Å²) < 4.78 is 10.4. The lowest BCUT2D eigenvalue weighted by molar-refractivity contribution is -0.144. The van der Waals surface area contributed by atoms with Gasteiger partial charge in [-0.15, -0.1) is 0 Å². The number of ether oxygens (including phenoxy) is 2. The first-order chi connectivity index (χ1) is 16.7. The fraction of sp³-hybridized carbons (Fsp3) is 0.438. The highest BCUT2D eigenvalue weighted by Gasteiger charge is 2.14. The van der Waals surface area contributed by atoms with E-state index in [-0.39, 0.29) is 23.7 Å². The zero-order valence-electron chi connectivity index (χ0n) is 23.2. The molecule has 2 aromatic carbocycles. The van der Waals surface area contributed by atoms with Gasteiger partial charge in [0.25, 0.3) is 0 Å². The molecule has 0 amide bonds. The van der Waals surface area contributed by atoms with Crippen LogP contribution in [0.1, 0.15) is 90.5 Å². The Morgan fingerprint density at radius 2 is 0.917 bits per heavy atom. The fourth-order valence-electron chi connectivity index (χ4n) is 3.63. The van der Waals surface area contributed by atoms with Gasteiger partial charge in [0.2, 0.25) is 0 Å². The van der Waals surface area contributed by atoms with E-state index in [0.29, 0.717) is 12.8 Å². The molecule has 0 fully saturated rings. The zero-order chi connectivity index (χ0) is 26.9. The minimum Gasteiger partial charge on any atom is -0.435 e. The number of allylic oxidation sites excluding steroid dienone is 2. The number of rotatable bonds is 9. The van der Waals surface area contributed by atoms with Crippen molar-refractivity contribution < 1.29 is 19.1 Å². The van der Waals surface area contributed by atoms with Crippen LogP contribution in [0.5, 0.6) is 0 Å². The van der Waals surface area contributed by atoms with E-state index in [2.05, 4.69) is 90.1 Å². The van der Waals surface area contributed by atoms with Crippen molar-refractivity contribution in [2.75, 3.05) is 0 Å². The summed E-state index contributed by atoms with van der Waals surface area (Å²) in [6, 6.07) is 17.0. The first kappa shape index (κ1) is 29.1. The topological polar surface area (TPSA) is 52.6 Å². The molecule has 0 saturated heterocycles. The van der Waals surface area contributed by atoms with Gasteiger partial charge in [-0.3, -0.25) is 9.59 Å². The Balaban J connectivity index is 1.74.